The molecule has 1 saturated heterocycles. The highest BCUT2D eigenvalue weighted by Crippen LogP contribution is 2.24. The molecule has 40 heavy (non-hydrogen) atoms. The van der Waals surface area contributed by atoms with Crippen LogP contribution in [0.5, 0.6) is 0 Å². The maximum Gasteiger partial charge on any atom is 0.245 e. The molecule has 2 aliphatic rings. The van der Waals surface area contributed by atoms with E-state index >= 15 is 0 Å². The molecule has 1 fully saturated rings. The van der Waals surface area contributed by atoms with Crippen LogP contribution in [0.25, 0.3) is 0 Å². The van der Waals surface area contributed by atoms with Crippen molar-refractivity contribution in [3.63, 3.8) is 0 Å². The quantitative estimate of drug-likeness (QED) is 0.444. The van der Waals surface area contributed by atoms with Crippen LogP contribution in [0.4, 0.5) is 5.69 Å². The summed E-state index contributed by atoms with van der Waals surface area (Å²) in [4.78, 5) is 45.7. The Hall–Kier alpha value is -3.68. The van der Waals surface area contributed by atoms with Gasteiger partial charge >= 0.3 is 0 Å². The summed E-state index contributed by atoms with van der Waals surface area (Å²) >= 11 is 6.09. The van der Waals surface area contributed by atoms with Crippen molar-refractivity contribution in [2.75, 3.05) is 38.1 Å². The number of likely N-dealkylation sites (N-methyl/N-ethyl adjacent to an activating group) is 1. The maximum absolute atomic E-state index is 13.9. The Bertz CT molecular complexity index is 1380. The summed E-state index contributed by atoms with van der Waals surface area (Å²) in [6.07, 6.45) is 0.983. The SMILES string of the molecule is CC(=O)c1ccccc1N1CCN(C(=O)[C@H](Cc2ccc(Cl)cc2)NC(=O)[C@H]2Cc3ccccc3CN2C)CC1. The molecule has 3 aromatic rings. The molecular weight excluding hydrogens is 524 g/mol. The van der Waals surface area contributed by atoms with E-state index in [0.717, 1.165) is 11.3 Å². The molecular formula is C32H35ClN4O3. The molecule has 0 bridgehead atoms. The van der Waals surface area contributed by atoms with Crippen LogP contribution in [0, 0.1) is 0 Å². The van der Waals surface area contributed by atoms with Gasteiger partial charge in [-0.25, -0.2) is 0 Å². The van der Waals surface area contributed by atoms with E-state index in [0.29, 0.717) is 56.2 Å². The van der Waals surface area contributed by atoms with Crippen LogP contribution in [0.2, 0.25) is 5.02 Å². The standard InChI is InChI=1S/C32H35ClN4O3/c1-22(38)27-9-5-6-10-29(27)36-15-17-37(18-16-36)32(40)28(19-23-11-13-26(33)14-12-23)34-31(39)30-20-24-7-3-4-8-25(24)21-35(30)2/h3-14,28,30H,15-21H2,1-2H3,(H,34,39)/t28-,30+/m0/s1. The van der Waals surface area contributed by atoms with Crippen LogP contribution < -0.4 is 10.2 Å². The number of anilines is 1. The lowest BCUT2D eigenvalue weighted by Crippen LogP contribution is -2.58. The predicted octanol–water partition coefficient (Wildman–Crippen LogP) is 3.98. The lowest BCUT2D eigenvalue weighted by atomic mass is 9.93. The Morgan fingerprint density at radius 1 is 0.900 bits per heavy atom. The first-order valence-corrected chi connectivity index (χ1v) is 14.1. The number of Topliss-reactive ketones (excluding diaryl/α,β-unsaturated/α-hetero) is 1. The summed E-state index contributed by atoms with van der Waals surface area (Å²) in [5.41, 5.74) is 4.91. The second kappa shape index (κ2) is 12.2. The van der Waals surface area contributed by atoms with Gasteiger partial charge in [-0.15, -0.1) is 0 Å². The van der Waals surface area contributed by atoms with Gasteiger partial charge < -0.3 is 15.1 Å². The zero-order valence-corrected chi connectivity index (χ0v) is 23.7. The smallest absolute Gasteiger partial charge is 0.245 e. The Labute approximate surface area is 240 Å². The van der Waals surface area contributed by atoms with Crippen molar-refractivity contribution < 1.29 is 14.4 Å². The zero-order chi connectivity index (χ0) is 28.2. The predicted molar refractivity (Wildman–Crippen MR) is 158 cm³/mol. The first kappa shape index (κ1) is 27.9. The Morgan fingerprint density at radius 2 is 1.55 bits per heavy atom. The molecule has 1 N–H and O–H groups in total. The maximum atomic E-state index is 13.9. The lowest BCUT2D eigenvalue weighted by molar-refractivity contribution is -0.138. The molecule has 0 spiro atoms. The molecule has 208 valence electrons. The number of nitrogens with zero attached hydrogens (tertiary/aromatic N) is 3. The van der Waals surface area contributed by atoms with Gasteiger partial charge in [0.1, 0.15) is 6.04 Å². The molecule has 0 aliphatic carbocycles. The second-order valence-electron chi connectivity index (χ2n) is 10.7. The van der Waals surface area contributed by atoms with E-state index in [4.69, 9.17) is 11.6 Å². The number of ketones is 1. The van der Waals surface area contributed by atoms with E-state index in [-0.39, 0.29) is 23.6 Å². The van der Waals surface area contributed by atoms with Crippen molar-refractivity contribution in [3.8, 4) is 0 Å². The van der Waals surface area contributed by atoms with Crippen LogP contribution >= 0.6 is 11.6 Å². The van der Waals surface area contributed by atoms with Crippen LogP contribution in [-0.4, -0.2) is 72.7 Å². The summed E-state index contributed by atoms with van der Waals surface area (Å²) in [5.74, 6) is -0.213. The van der Waals surface area contributed by atoms with Crippen molar-refractivity contribution in [1.82, 2.24) is 15.1 Å². The fourth-order valence-electron chi connectivity index (χ4n) is 5.71. The topological polar surface area (TPSA) is 73.0 Å². The molecule has 3 aromatic carbocycles. The molecule has 0 radical (unpaired) electrons. The molecule has 2 amide bonds. The molecule has 0 unspecified atom stereocenters. The van der Waals surface area contributed by atoms with Crippen molar-refractivity contribution in [2.24, 2.45) is 0 Å². The van der Waals surface area contributed by atoms with Gasteiger partial charge in [-0.2, -0.15) is 0 Å². The van der Waals surface area contributed by atoms with Gasteiger partial charge in [-0.1, -0.05) is 60.1 Å². The minimum Gasteiger partial charge on any atom is -0.367 e. The monoisotopic (exact) mass is 558 g/mol. The second-order valence-corrected chi connectivity index (χ2v) is 11.1. The van der Waals surface area contributed by atoms with Crippen molar-refractivity contribution in [1.29, 1.82) is 0 Å². The molecule has 0 aromatic heterocycles. The first-order valence-electron chi connectivity index (χ1n) is 13.8. The highest BCUT2D eigenvalue weighted by molar-refractivity contribution is 6.30. The van der Waals surface area contributed by atoms with Gasteiger partial charge in [0.05, 0.1) is 6.04 Å². The van der Waals surface area contributed by atoms with E-state index < -0.39 is 6.04 Å². The van der Waals surface area contributed by atoms with Crippen molar-refractivity contribution >= 4 is 34.9 Å². The van der Waals surface area contributed by atoms with Gasteiger partial charge in [0.2, 0.25) is 11.8 Å². The number of fused-ring (bicyclic) bond motifs is 1. The number of rotatable bonds is 7. The Balaban J connectivity index is 1.30. The number of carbonyl (C=O) groups excluding carboxylic acids is 3. The van der Waals surface area contributed by atoms with Crippen LogP contribution in [-0.2, 0) is 29.0 Å². The molecule has 2 heterocycles. The number of carbonyl (C=O) groups is 3. The Kier molecular flexibility index (Phi) is 8.52. The van der Waals surface area contributed by atoms with E-state index in [2.05, 4.69) is 22.3 Å². The van der Waals surface area contributed by atoms with E-state index in [1.807, 2.05) is 65.4 Å². The Morgan fingerprint density at radius 3 is 2.25 bits per heavy atom. The highest BCUT2D eigenvalue weighted by atomic mass is 35.5. The average Bonchev–Trinajstić information content (AvgIpc) is 2.97. The van der Waals surface area contributed by atoms with Crippen LogP contribution in [0.3, 0.4) is 0 Å². The third-order valence-corrected chi connectivity index (χ3v) is 8.22. The van der Waals surface area contributed by atoms with E-state index in [9.17, 15) is 14.4 Å². The number of hydrogen-bond acceptors (Lipinski definition) is 5. The number of para-hydroxylation sites is 1. The highest BCUT2D eigenvalue weighted by Gasteiger charge is 2.34. The summed E-state index contributed by atoms with van der Waals surface area (Å²) in [6, 6.07) is 22.1. The van der Waals surface area contributed by atoms with E-state index in [1.165, 1.54) is 11.1 Å². The number of hydrogen-bond donors (Lipinski definition) is 1. The molecule has 8 heteroatoms. The molecule has 7 nitrogen and oxygen atoms in total. The number of amides is 2. The summed E-state index contributed by atoms with van der Waals surface area (Å²) in [5, 5.41) is 3.74. The summed E-state index contributed by atoms with van der Waals surface area (Å²) in [6.45, 7) is 4.50. The van der Waals surface area contributed by atoms with Crippen LogP contribution in [0.15, 0.2) is 72.8 Å². The fourth-order valence-corrected chi connectivity index (χ4v) is 5.83. The van der Waals surface area contributed by atoms with Crippen molar-refractivity contribution in [2.45, 2.75) is 38.4 Å². The number of halogens is 1. The number of piperazine rings is 1. The fraction of sp³-hybridized carbons (Fsp3) is 0.344. The third-order valence-electron chi connectivity index (χ3n) is 7.97. The van der Waals surface area contributed by atoms with Crippen molar-refractivity contribution in [3.05, 3.63) is 100 Å². The zero-order valence-electron chi connectivity index (χ0n) is 23.0. The lowest BCUT2D eigenvalue weighted by Gasteiger charge is -2.39. The van der Waals surface area contributed by atoms with Gasteiger partial charge in [0.25, 0.3) is 0 Å². The summed E-state index contributed by atoms with van der Waals surface area (Å²) in [7, 11) is 1.95. The third kappa shape index (κ3) is 6.21. The van der Waals surface area contributed by atoms with Gasteiger partial charge in [0.15, 0.2) is 5.78 Å². The summed E-state index contributed by atoms with van der Waals surface area (Å²) < 4.78 is 0. The largest absolute Gasteiger partial charge is 0.367 e. The average molecular weight is 559 g/mol. The normalized spacial score (nSPS) is 18.1. The molecule has 0 saturated carbocycles. The molecule has 5 rings (SSSR count). The molecule has 2 atom stereocenters. The minimum absolute atomic E-state index is 0.0233. The van der Waals surface area contributed by atoms with Gasteiger partial charge in [-0.3, -0.25) is 19.3 Å². The molecule has 2 aliphatic heterocycles. The van der Waals surface area contributed by atoms with Gasteiger partial charge in [-0.05, 0) is 61.3 Å². The minimum atomic E-state index is -0.699. The van der Waals surface area contributed by atoms with E-state index in [1.54, 1.807) is 19.1 Å². The van der Waals surface area contributed by atoms with Gasteiger partial charge in [0, 0.05) is 55.4 Å². The number of benzene rings is 3. The number of nitrogens with one attached hydrogen (secondary N) is 1. The van der Waals surface area contributed by atoms with Crippen LogP contribution in [0.1, 0.15) is 34.0 Å². The first-order chi connectivity index (χ1) is 19.3.